The van der Waals surface area contributed by atoms with Crippen LogP contribution in [0.15, 0.2) is 18.2 Å². The highest BCUT2D eigenvalue weighted by molar-refractivity contribution is 5.44. The topological polar surface area (TPSA) is 12.0 Å². The quantitative estimate of drug-likeness (QED) is 0.679. The van der Waals surface area contributed by atoms with Crippen molar-refractivity contribution < 1.29 is 0 Å². The molecule has 3 atom stereocenters. The van der Waals surface area contributed by atoms with E-state index in [4.69, 9.17) is 0 Å². The van der Waals surface area contributed by atoms with Gasteiger partial charge in [0.05, 0.1) is 0 Å². The first-order valence-electron chi connectivity index (χ1n) is 6.13. The molecule has 0 amide bonds. The third-order valence-corrected chi connectivity index (χ3v) is 4.20. The van der Waals surface area contributed by atoms with Gasteiger partial charge in [0.2, 0.25) is 0 Å². The molecule has 3 rings (SSSR count). The van der Waals surface area contributed by atoms with Crippen LogP contribution in [0.4, 0.5) is 0 Å². The summed E-state index contributed by atoms with van der Waals surface area (Å²) in [6, 6.07) is 7.42. The lowest BCUT2D eigenvalue weighted by molar-refractivity contribution is 0.414. The van der Waals surface area contributed by atoms with Crippen LogP contribution in [0.5, 0.6) is 0 Å². The Kier molecular flexibility index (Phi) is 2.10. The van der Waals surface area contributed by atoms with Crippen LogP contribution in [0.1, 0.15) is 61.3 Å². The summed E-state index contributed by atoms with van der Waals surface area (Å²) >= 11 is 0. The Balaban J connectivity index is 2.20. The highest BCUT2D eigenvalue weighted by Gasteiger charge is 2.31. The van der Waals surface area contributed by atoms with Crippen LogP contribution in [0.3, 0.4) is 0 Å². The molecule has 1 aromatic carbocycles. The van der Waals surface area contributed by atoms with E-state index in [0.29, 0.717) is 6.04 Å². The lowest BCUT2D eigenvalue weighted by Gasteiger charge is -2.38. The Morgan fingerprint density at radius 2 is 1.93 bits per heavy atom. The zero-order valence-electron chi connectivity index (χ0n) is 9.59. The molecule has 0 fully saturated rings. The molecule has 0 saturated heterocycles. The first-order chi connectivity index (χ1) is 7.27. The highest BCUT2D eigenvalue weighted by atomic mass is 14.9. The van der Waals surface area contributed by atoms with Gasteiger partial charge in [-0.25, -0.2) is 0 Å². The predicted octanol–water partition coefficient (Wildman–Crippen LogP) is 3.33. The molecule has 1 aliphatic heterocycles. The lowest BCUT2D eigenvalue weighted by Crippen LogP contribution is -2.34. The van der Waals surface area contributed by atoms with E-state index in [1.54, 1.807) is 16.7 Å². The summed E-state index contributed by atoms with van der Waals surface area (Å²) in [5.41, 5.74) is 4.86. The second kappa shape index (κ2) is 3.34. The molecule has 1 aliphatic carbocycles. The van der Waals surface area contributed by atoms with Crippen LogP contribution in [-0.2, 0) is 0 Å². The van der Waals surface area contributed by atoms with Gasteiger partial charge < -0.3 is 5.32 Å². The molecule has 0 spiro atoms. The van der Waals surface area contributed by atoms with E-state index in [0.717, 1.165) is 11.8 Å². The summed E-state index contributed by atoms with van der Waals surface area (Å²) < 4.78 is 0. The number of hydrogen-bond donors (Lipinski definition) is 1. The summed E-state index contributed by atoms with van der Waals surface area (Å²) in [5.74, 6) is 1.55. The Bertz CT molecular complexity index is 351. The van der Waals surface area contributed by atoms with E-state index in [2.05, 4.69) is 37.4 Å². The Morgan fingerprint density at radius 3 is 2.80 bits per heavy atom. The molecule has 1 heteroatoms. The van der Waals surface area contributed by atoms with Crippen LogP contribution in [0.2, 0.25) is 0 Å². The van der Waals surface area contributed by atoms with Crippen molar-refractivity contribution in [3.63, 3.8) is 0 Å². The number of benzene rings is 1. The average Bonchev–Trinajstić information content (AvgIpc) is 2.27. The Hall–Kier alpha value is -0.820. The average molecular weight is 201 g/mol. The predicted molar refractivity (Wildman–Crippen MR) is 63.2 cm³/mol. The Labute approximate surface area is 91.9 Å². The van der Waals surface area contributed by atoms with E-state index >= 15 is 0 Å². The molecule has 3 unspecified atom stereocenters. The standard InChI is InChI=1S/C14H19N/c1-9-6-7-11-8-15-10(2)13-5-3-4-12(9)14(11)13/h3-5,9-11,15H,6-8H2,1-2H3. The third kappa shape index (κ3) is 1.33. The monoisotopic (exact) mass is 201 g/mol. The second-order valence-electron chi connectivity index (χ2n) is 5.16. The van der Waals surface area contributed by atoms with Crippen LogP contribution in [-0.4, -0.2) is 6.54 Å². The molecule has 0 bridgehead atoms. The van der Waals surface area contributed by atoms with Crippen molar-refractivity contribution in [3.8, 4) is 0 Å². The minimum Gasteiger partial charge on any atom is -0.310 e. The first kappa shape index (κ1) is 9.41. The van der Waals surface area contributed by atoms with Crippen LogP contribution < -0.4 is 5.32 Å². The molecule has 2 aliphatic rings. The van der Waals surface area contributed by atoms with Gasteiger partial charge in [0, 0.05) is 12.6 Å². The summed E-state index contributed by atoms with van der Waals surface area (Å²) in [6.07, 6.45) is 2.72. The van der Waals surface area contributed by atoms with Crippen LogP contribution in [0, 0.1) is 0 Å². The van der Waals surface area contributed by atoms with E-state index in [1.165, 1.54) is 19.4 Å². The van der Waals surface area contributed by atoms with Crippen molar-refractivity contribution in [2.45, 2.75) is 44.6 Å². The smallest absolute Gasteiger partial charge is 0.0294 e. The number of nitrogens with one attached hydrogen (secondary N) is 1. The van der Waals surface area contributed by atoms with E-state index in [1.807, 2.05) is 0 Å². The van der Waals surface area contributed by atoms with Gasteiger partial charge in [-0.1, -0.05) is 25.1 Å². The van der Waals surface area contributed by atoms with E-state index < -0.39 is 0 Å². The molecule has 1 N–H and O–H groups in total. The molecule has 1 heterocycles. The zero-order chi connectivity index (χ0) is 10.4. The summed E-state index contributed by atoms with van der Waals surface area (Å²) in [4.78, 5) is 0. The van der Waals surface area contributed by atoms with Crippen molar-refractivity contribution in [2.75, 3.05) is 6.54 Å². The summed E-state index contributed by atoms with van der Waals surface area (Å²) in [6.45, 7) is 5.83. The fourth-order valence-electron chi connectivity index (χ4n) is 3.26. The molecule has 0 saturated carbocycles. The third-order valence-electron chi connectivity index (χ3n) is 4.20. The Morgan fingerprint density at radius 1 is 1.13 bits per heavy atom. The van der Waals surface area contributed by atoms with Crippen molar-refractivity contribution in [1.82, 2.24) is 5.32 Å². The van der Waals surface area contributed by atoms with Gasteiger partial charge in [-0.05, 0) is 48.3 Å². The largest absolute Gasteiger partial charge is 0.310 e. The van der Waals surface area contributed by atoms with E-state index in [9.17, 15) is 0 Å². The van der Waals surface area contributed by atoms with Gasteiger partial charge in [0.25, 0.3) is 0 Å². The van der Waals surface area contributed by atoms with E-state index in [-0.39, 0.29) is 0 Å². The molecule has 0 aromatic heterocycles. The normalized spacial score (nSPS) is 33.6. The second-order valence-corrected chi connectivity index (χ2v) is 5.16. The molecular formula is C14H19N. The SMILES string of the molecule is CC1CCC2CNC(C)c3cccc1c32. The maximum atomic E-state index is 3.62. The molecule has 1 nitrogen and oxygen atoms in total. The van der Waals surface area contributed by atoms with Crippen LogP contribution >= 0.6 is 0 Å². The maximum Gasteiger partial charge on any atom is 0.0294 e. The van der Waals surface area contributed by atoms with Crippen molar-refractivity contribution in [3.05, 3.63) is 34.9 Å². The molecule has 1 aromatic rings. The summed E-state index contributed by atoms with van der Waals surface area (Å²) in [5, 5.41) is 3.62. The first-order valence-corrected chi connectivity index (χ1v) is 6.13. The minimum atomic E-state index is 0.543. The van der Waals surface area contributed by atoms with Gasteiger partial charge in [0.1, 0.15) is 0 Å². The molecule has 0 radical (unpaired) electrons. The van der Waals surface area contributed by atoms with Crippen molar-refractivity contribution in [2.24, 2.45) is 0 Å². The fraction of sp³-hybridized carbons (Fsp3) is 0.571. The van der Waals surface area contributed by atoms with Gasteiger partial charge in [0.15, 0.2) is 0 Å². The fourth-order valence-corrected chi connectivity index (χ4v) is 3.26. The maximum absolute atomic E-state index is 3.62. The highest BCUT2D eigenvalue weighted by Crippen LogP contribution is 2.43. The zero-order valence-corrected chi connectivity index (χ0v) is 9.59. The van der Waals surface area contributed by atoms with Crippen molar-refractivity contribution in [1.29, 1.82) is 0 Å². The van der Waals surface area contributed by atoms with Gasteiger partial charge in [-0.2, -0.15) is 0 Å². The van der Waals surface area contributed by atoms with Gasteiger partial charge >= 0.3 is 0 Å². The summed E-state index contributed by atoms with van der Waals surface area (Å²) in [7, 11) is 0. The lowest BCUT2D eigenvalue weighted by atomic mass is 9.72. The van der Waals surface area contributed by atoms with Gasteiger partial charge in [-0.15, -0.1) is 0 Å². The number of hydrogen-bond acceptors (Lipinski definition) is 1. The molecule has 80 valence electrons. The number of rotatable bonds is 0. The molecule has 15 heavy (non-hydrogen) atoms. The minimum absolute atomic E-state index is 0.543. The van der Waals surface area contributed by atoms with Crippen LogP contribution in [0.25, 0.3) is 0 Å². The molecular weight excluding hydrogens is 182 g/mol. The van der Waals surface area contributed by atoms with Gasteiger partial charge in [-0.3, -0.25) is 0 Å². The van der Waals surface area contributed by atoms with Crippen molar-refractivity contribution >= 4 is 0 Å².